The van der Waals surface area contributed by atoms with E-state index in [1.54, 1.807) is 13.3 Å². The van der Waals surface area contributed by atoms with Crippen molar-refractivity contribution < 1.29 is 4.74 Å². The molecule has 2 N–H and O–H groups in total. The van der Waals surface area contributed by atoms with Crippen molar-refractivity contribution in [2.75, 3.05) is 12.4 Å². The van der Waals surface area contributed by atoms with Gasteiger partial charge in [-0.15, -0.1) is 0 Å². The summed E-state index contributed by atoms with van der Waals surface area (Å²) in [6, 6.07) is 13.7. The largest absolute Gasteiger partial charge is 0.495 e. The van der Waals surface area contributed by atoms with Gasteiger partial charge in [-0.1, -0.05) is 18.2 Å². The molecule has 104 valence electrons. The smallest absolute Gasteiger partial charge is 0.136 e. The quantitative estimate of drug-likeness (QED) is 0.769. The number of para-hydroxylation sites is 1. The Morgan fingerprint density at radius 2 is 2.24 bits per heavy atom. The number of H-pyrrole nitrogens is 1. The Morgan fingerprint density at radius 3 is 3.05 bits per heavy atom. The van der Waals surface area contributed by atoms with Crippen molar-refractivity contribution in [2.24, 2.45) is 0 Å². The monoisotopic (exact) mass is 278 g/mol. The van der Waals surface area contributed by atoms with E-state index in [4.69, 9.17) is 10.00 Å². The number of ether oxygens (including phenoxy) is 1. The molecule has 21 heavy (non-hydrogen) atoms. The van der Waals surface area contributed by atoms with Crippen molar-refractivity contribution in [3.8, 4) is 11.8 Å². The minimum absolute atomic E-state index is 0.538. The summed E-state index contributed by atoms with van der Waals surface area (Å²) in [5.41, 5.74) is 3.52. The molecule has 1 heterocycles. The van der Waals surface area contributed by atoms with Crippen LogP contribution in [0.25, 0.3) is 10.9 Å². The molecule has 3 aromatic rings. The van der Waals surface area contributed by atoms with Crippen LogP contribution in [0.1, 0.15) is 11.1 Å². The Bertz CT molecular complexity index is 817. The van der Waals surface area contributed by atoms with Gasteiger partial charge in [0, 0.05) is 11.9 Å². The van der Waals surface area contributed by atoms with Crippen LogP contribution in [-0.2, 0) is 6.54 Å². The molecule has 0 saturated heterocycles. The zero-order valence-corrected chi connectivity index (χ0v) is 11.6. The van der Waals surface area contributed by atoms with Crippen molar-refractivity contribution in [1.29, 1.82) is 5.26 Å². The molecule has 0 amide bonds. The normalized spacial score (nSPS) is 10.3. The molecule has 0 aliphatic rings. The van der Waals surface area contributed by atoms with E-state index in [1.165, 1.54) is 0 Å². The lowest BCUT2D eigenvalue weighted by molar-refractivity contribution is 0.413. The molecule has 0 aliphatic carbocycles. The van der Waals surface area contributed by atoms with Crippen molar-refractivity contribution in [2.45, 2.75) is 6.54 Å². The summed E-state index contributed by atoms with van der Waals surface area (Å²) in [5.74, 6) is 0.594. The maximum absolute atomic E-state index is 9.11. The van der Waals surface area contributed by atoms with Gasteiger partial charge in [-0.3, -0.25) is 5.10 Å². The van der Waals surface area contributed by atoms with Crippen LogP contribution in [-0.4, -0.2) is 17.3 Å². The van der Waals surface area contributed by atoms with E-state index in [0.717, 1.165) is 22.2 Å². The molecule has 1 aromatic heterocycles. The van der Waals surface area contributed by atoms with Gasteiger partial charge in [-0.25, -0.2) is 0 Å². The summed E-state index contributed by atoms with van der Waals surface area (Å²) in [4.78, 5) is 0. The number of rotatable bonds is 4. The fourth-order valence-corrected chi connectivity index (χ4v) is 2.27. The topological polar surface area (TPSA) is 73.7 Å². The number of aromatic amines is 1. The number of nitrogens with one attached hydrogen (secondary N) is 2. The molecule has 0 aliphatic heterocycles. The van der Waals surface area contributed by atoms with Gasteiger partial charge in [0.25, 0.3) is 0 Å². The second-order valence-corrected chi connectivity index (χ2v) is 4.64. The third kappa shape index (κ3) is 2.51. The molecule has 5 nitrogen and oxygen atoms in total. The highest BCUT2D eigenvalue weighted by molar-refractivity contribution is 5.89. The summed E-state index contributed by atoms with van der Waals surface area (Å²) in [7, 11) is 1.56. The van der Waals surface area contributed by atoms with Crippen LogP contribution < -0.4 is 10.1 Å². The van der Waals surface area contributed by atoms with Crippen molar-refractivity contribution in [3.63, 3.8) is 0 Å². The summed E-state index contributed by atoms with van der Waals surface area (Å²) in [6.07, 6.45) is 1.79. The van der Waals surface area contributed by atoms with Gasteiger partial charge in [0.05, 0.1) is 30.1 Å². The minimum atomic E-state index is 0.538. The lowest BCUT2D eigenvalue weighted by atomic mass is 10.1. The Morgan fingerprint density at radius 1 is 1.33 bits per heavy atom. The molecule has 0 radical (unpaired) electrons. The number of aromatic nitrogens is 2. The zero-order chi connectivity index (χ0) is 14.7. The van der Waals surface area contributed by atoms with E-state index in [2.05, 4.69) is 21.6 Å². The summed E-state index contributed by atoms with van der Waals surface area (Å²) in [6.45, 7) is 0.622. The zero-order valence-electron chi connectivity index (χ0n) is 11.6. The molecular formula is C16H14N4O. The van der Waals surface area contributed by atoms with Crippen LogP contribution in [0, 0.1) is 11.3 Å². The first-order chi connectivity index (χ1) is 10.3. The molecule has 0 spiro atoms. The van der Waals surface area contributed by atoms with E-state index >= 15 is 0 Å². The first kappa shape index (κ1) is 13.0. The van der Waals surface area contributed by atoms with Crippen LogP contribution in [0.2, 0.25) is 0 Å². The second-order valence-electron chi connectivity index (χ2n) is 4.64. The lowest BCUT2D eigenvalue weighted by Gasteiger charge is -2.09. The molecule has 0 saturated carbocycles. The number of nitrogens with zero attached hydrogens (tertiary/aromatic N) is 2. The predicted octanol–water partition coefficient (Wildman–Crippen LogP) is 3.06. The van der Waals surface area contributed by atoms with Gasteiger partial charge in [0.2, 0.25) is 0 Å². The molecule has 2 aromatic carbocycles. The molecule has 3 rings (SSSR count). The molecule has 5 heteroatoms. The summed E-state index contributed by atoms with van der Waals surface area (Å²) in [5, 5.41) is 20.6. The van der Waals surface area contributed by atoms with E-state index in [-0.39, 0.29) is 0 Å². The van der Waals surface area contributed by atoms with Crippen molar-refractivity contribution >= 4 is 16.6 Å². The van der Waals surface area contributed by atoms with E-state index < -0.39 is 0 Å². The predicted molar refractivity (Wildman–Crippen MR) is 81.1 cm³/mol. The molecular weight excluding hydrogens is 264 g/mol. The number of methoxy groups -OCH3 is 1. The average Bonchev–Trinajstić information content (AvgIpc) is 3.01. The van der Waals surface area contributed by atoms with Gasteiger partial charge in [-0.05, 0) is 23.8 Å². The highest BCUT2D eigenvalue weighted by atomic mass is 16.5. The molecule has 0 atom stereocenters. The number of hydrogen-bond acceptors (Lipinski definition) is 4. The van der Waals surface area contributed by atoms with E-state index in [9.17, 15) is 0 Å². The number of hydrogen-bond donors (Lipinski definition) is 2. The maximum Gasteiger partial charge on any atom is 0.136 e. The number of anilines is 1. The number of fused-ring (bicyclic) bond motifs is 1. The highest BCUT2D eigenvalue weighted by Crippen LogP contribution is 2.23. The van der Waals surface area contributed by atoms with Crippen LogP contribution in [0.4, 0.5) is 5.69 Å². The van der Waals surface area contributed by atoms with Gasteiger partial charge < -0.3 is 10.1 Å². The lowest BCUT2D eigenvalue weighted by Crippen LogP contribution is -2.01. The van der Waals surface area contributed by atoms with Crippen molar-refractivity contribution in [3.05, 3.63) is 53.7 Å². The Hall–Kier alpha value is -3.00. The molecule has 0 unspecified atom stereocenters. The Kier molecular flexibility index (Phi) is 3.44. The molecule has 0 bridgehead atoms. The summed E-state index contributed by atoms with van der Waals surface area (Å²) < 4.78 is 5.15. The van der Waals surface area contributed by atoms with Crippen LogP contribution >= 0.6 is 0 Å². The molecule has 0 fully saturated rings. The van der Waals surface area contributed by atoms with Gasteiger partial charge >= 0.3 is 0 Å². The average molecular weight is 278 g/mol. The van der Waals surface area contributed by atoms with Crippen LogP contribution in [0.3, 0.4) is 0 Å². The van der Waals surface area contributed by atoms with Crippen LogP contribution in [0.15, 0.2) is 42.6 Å². The first-order valence-electron chi connectivity index (χ1n) is 6.55. The fourth-order valence-electron chi connectivity index (χ4n) is 2.27. The van der Waals surface area contributed by atoms with E-state index in [1.807, 2.05) is 36.4 Å². The summed E-state index contributed by atoms with van der Waals surface area (Å²) >= 11 is 0. The highest BCUT2D eigenvalue weighted by Gasteiger charge is 2.05. The van der Waals surface area contributed by atoms with Gasteiger partial charge in [-0.2, -0.15) is 10.4 Å². The van der Waals surface area contributed by atoms with Crippen LogP contribution in [0.5, 0.6) is 5.75 Å². The van der Waals surface area contributed by atoms with E-state index in [0.29, 0.717) is 17.9 Å². The number of nitriles is 1. The first-order valence-corrected chi connectivity index (χ1v) is 6.55. The minimum Gasteiger partial charge on any atom is -0.495 e. The fraction of sp³-hybridized carbons (Fsp3) is 0.125. The maximum atomic E-state index is 9.11. The standard InChI is InChI=1S/C16H14N4O/c1-21-15-6-5-11(7-13(15)8-17)9-18-14-4-2-3-12-10-19-20-16(12)14/h2-7,10,18H,9H2,1H3,(H,19,20). The van der Waals surface area contributed by atoms with Gasteiger partial charge in [0.15, 0.2) is 0 Å². The SMILES string of the molecule is COc1ccc(CNc2cccc3cn[nH]c23)cc1C#N. The van der Waals surface area contributed by atoms with Gasteiger partial charge in [0.1, 0.15) is 11.8 Å². The second kappa shape index (κ2) is 5.55. The Labute approximate surface area is 122 Å². The third-order valence-electron chi connectivity index (χ3n) is 3.34. The third-order valence-corrected chi connectivity index (χ3v) is 3.34. The van der Waals surface area contributed by atoms with Crippen molar-refractivity contribution in [1.82, 2.24) is 10.2 Å². The Balaban J connectivity index is 1.82. The number of benzene rings is 2.